The number of rotatable bonds is 7. The molecule has 1 aromatic carbocycles. The van der Waals surface area contributed by atoms with Gasteiger partial charge in [-0.3, -0.25) is 4.79 Å². The maximum Gasteiger partial charge on any atom is 0.296 e. The Morgan fingerprint density at radius 1 is 0.792 bits per heavy atom. The number of benzene rings is 1. The van der Waals surface area contributed by atoms with Gasteiger partial charge in [-0.1, -0.05) is 6.07 Å². The Bertz CT molecular complexity index is 581. The Balaban J connectivity index is 3.04. The zero-order valence-electron chi connectivity index (χ0n) is 16.6. The summed E-state index contributed by atoms with van der Waals surface area (Å²) in [4.78, 5) is 12.1. The van der Waals surface area contributed by atoms with E-state index in [1.165, 1.54) is 0 Å². The second kappa shape index (κ2) is 7.45. The van der Waals surface area contributed by atoms with Gasteiger partial charge in [0.2, 0.25) is 25.0 Å². The predicted octanol–water partition coefficient (Wildman–Crippen LogP) is 5.03. The largest absolute Gasteiger partial charge is 0.542 e. The molecule has 0 spiro atoms. The monoisotopic (exact) mass is 384 g/mol. The van der Waals surface area contributed by atoms with Gasteiger partial charge in [0.05, 0.1) is 6.42 Å². The smallest absolute Gasteiger partial charge is 0.296 e. The molecule has 0 amide bonds. The molecule has 0 N–H and O–H groups in total. The van der Waals surface area contributed by atoms with E-state index >= 15 is 0 Å². The second-order valence-corrected chi connectivity index (χ2v) is 22.3. The minimum atomic E-state index is -1.86. The highest BCUT2D eigenvalue weighted by molar-refractivity contribution is 6.71. The lowest BCUT2D eigenvalue weighted by atomic mass is 10.1. The van der Waals surface area contributed by atoms with Crippen LogP contribution in [0.15, 0.2) is 18.2 Å². The minimum Gasteiger partial charge on any atom is -0.542 e. The number of carbonyl (C=O) groups excluding carboxylic acids is 1. The Labute approximate surface area is 149 Å². The Morgan fingerprint density at radius 3 is 1.75 bits per heavy atom. The molecule has 0 aromatic heterocycles. The zero-order valence-corrected chi connectivity index (χ0v) is 19.6. The third-order valence-corrected chi connectivity index (χ3v) is 5.11. The van der Waals surface area contributed by atoms with Gasteiger partial charge >= 0.3 is 0 Å². The molecule has 7 heteroatoms. The molecule has 0 aliphatic heterocycles. The highest BCUT2D eigenvalue weighted by Gasteiger charge is 2.24. The van der Waals surface area contributed by atoms with E-state index in [2.05, 4.69) is 39.3 Å². The molecular formula is C17H32O4Si3. The number of hydrogen-bond acceptors (Lipinski definition) is 4. The first-order valence-electron chi connectivity index (χ1n) is 8.37. The summed E-state index contributed by atoms with van der Waals surface area (Å²) in [5.41, 5.74) is 0.898. The van der Waals surface area contributed by atoms with E-state index in [9.17, 15) is 4.79 Å². The van der Waals surface area contributed by atoms with Gasteiger partial charge in [0.1, 0.15) is 11.5 Å². The lowest BCUT2D eigenvalue weighted by molar-refractivity contribution is -0.134. The van der Waals surface area contributed by atoms with Gasteiger partial charge in [-0.05, 0) is 76.6 Å². The third-order valence-electron chi connectivity index (χ3n) is 2.61. The van der Waals surface area contributed by atoms with Gasteiger partial charge in [0, 0.05) is 0 Å². The van der Waals surface area contributed by atoms with Crippen molar-refractivity contribution in [2.75, 3.05) is 0 Å². The van der Waals surface area contributed by atoms with Crippen molar-refractivity contribution in [1.82, 2.24) is 0 Å². The molecule has 4 nitrogen and oxygen atoms in total. The van der Waals surface area contributed by atoms with Crippen molar-refractivity contribution in [2.45, 2.75) is 65.3 Å². The molecule has 0 unspecified atom stereocenters. The number of hydrogen-bond donors (Lipinski definition) is 0. The highest BCUT2D eigenvalue weighted by Crippen LogP contribution is 2.33. The van der Waals surface area contributed by atoms with Crippen LogP contribution in [-0.4, -0.2) is 30.9 Å². The average Bonchev–Trinajstić information content (AvgIpc) is 2.26. The summed E-state index contributed by atoms with van der Waals surface area (Å²) >= 11 is 0. The summed E-state index contributed by atoms with van der Waals surface area (Å²) < 4.78 is 17.9. The van der Waals surface area contributed by atoms with Gasteiger partial charge < -0.3 is 13.3 Å². The zero-order chi connectivity index (χ0) is 18.8. The molecule has 0 aliphatic carbocycles. The van der Waals surface area contributed by atoms with E-state index in [4.69, 9.17) is 13.3 Å². The van der Waals surface area contributed by atoms with Crippen LogP contribution in [0, 0.1) is 0 Å². The first kappa shape index (κ1) is 21.0. The fourth-order valence-electron chi connectivity index (χ4n) is 2.03. The standard InChI is InChI=1S/C17H32O4Si3/c1-22(2,3)19-15-11-10-14(12-16(15)20-23(4,5)6)13-17(18)21-24(7,8)9/h10-12H,13H2,1-9H3. The molecule has 0 radical (unpaired) electrons. The highest BCUT2D eigenvalue weighted by atomic mass is 28.4. The van der Waals surface area contributed by atoms with E-state index in [0.717, 1.165) is 17.1 Å². The fourth-order valence-corrected chi connectivity index (χ4v) is 4.43. The summed E-state index contributed by atoms with van der Waals surface area (Å²) in [6, 6.07) is 5.78. The van der Waals surface area contributed by atoms with E-state index in [1.807, 2.05) is 37.8 Å². The SMILES string of the molecule is C[Si](C)(C)OC(=O)Cc1ccc(O[Si](C)(C)C)c(O[Si](C)(C)C)c1. The summed E-state index contributed by atoms with van der Waals surface area (Å²) in [6.07, 6.45) is 0.263. The first-order chi connectivity index (χ1) is 10.6. The van der Waals surface area contributed by atoms with Crippen molar-refractivity contribution in [3.8, 4) is 11.5 Å². The van der Waals surface area contributed by atoms with Crippen LogP contribution in [-0.2, 0) is 15.6 Å². The van der Waals surface area contributed by atoms with E-state index in [0.29, 0.717) is 0 Å². The normalized spacial score (nSPS) is 12.7. The van der Waals surface area contributed by atoms with Gasteiger partial charge in [0.25, 0.3) is 5.97 Å². The molecule has 0 fully saturated rings. The predicted molar refractivity (Wildman–Crippen MR) is 108 cm³/mol. The molecule has 1 rings (SSSR count). The molecule has 24 heavy (non-hydrogen) atoms. The molecular weight excluding hydrogens is 352 g/mol. The average molecular weight is 385 g/mol. The van der Waals surface area contributed by atoms with E-state index in [1.54, 1.807) is 0 Å². The molecule has 0 atom stereocenters. The quantitative estimate of drug-likeness (QED) is 0.618. The topological polar surface area (TPSA) is 44.8 Å². The summed E-state index contributed by atoms with van der Waals surface area (Å²) in [5, 5.41) is 0. The molecule has 1 aromatic rings. The van der Waals surface area contributed by atoms with Crippen molar-refractivity contribution in [3.05, 3.63) is 23.8 Å². The van der Waals surface area contributed by atoms with Crippen LogP contribution in [0.3, 0.4) is 0 Å². The van der Waals surface area contributed by atoms with Crippen LogP contribution in [0.25, 0.3) is 0 Å². The summed E-state index contributed by atoms with van der Waals surface area (Å²) in [5.74, 6) is 1.35. The summed E-state index contributed by atoms with van der Waals surface area (Å²) in [7, 11) is -5.38. The van der Waals surface area contributed by atoms with Crippen LogP contribution in [0.1, 0.15) is 5.56 Å². The van der Waals surface area contributed by atoms with Crippen LogP contribution < -0.4 is 8.85 Å². The Kier molecular flexibility index (Phi) is 6.51. The molecule has 0 bridgehead atoms. The van der Waals surface area contributed by atoms with Crippen molar-refractivity contribution in [2.24, 2.45) is 0 Å². The second-order valence-electron chi connectivity index (χ2n) is 8.97. The third kappa shape index (κ3) is 8.70. The van der Waals surface area contributed by atoms with Gasteiger partial charge in [-0.15, -0.1) is 0 Å². The molecule has 136 valence electrons. The van der Waals surface area contributed by atoms with Crippen LogP contribution >= 0.6 is 0 Å². The van der Waals surface area contributed by atoms with Gasteiger partial charge in [-0.2, -0.15) is 0 Å². The van der Waals surface area contributed by atoms with Crippen molar-refractivity contribution in [3.63, 3.8) is 0 Å². The summed E-state index contributed by atoms with van der Waals surface area (Å²) in [6.45, 7) is 18.9. The molecule has 0 saturated carbocycles. The van der Waals surface area contributed by atoms with Gasteiger partial charge in [-0.25, -0.2) is 0 Å². The van der Waals surface area contributed by atoms with Gasteiger partial charge in [0.15, 0.2) is 0 Å². The first-order valence-corrected chi connectivity index (χ1v) is 18.6. The van der Waals surface area contributed by atoms with Crippen molar-refractivity contribution >= 4 is 30.9 Å². The maximum absolute atomic E-state index is 12.1. The van der Waals surface area contributed by atoms with Crippen molar-refractivity contribution < 1.29 is 18.1 Å². The van der Waals surface area contributed by atoms with Crippen LogP contribution in [0.4, 0.5) is 0 Å². The lowest BCUT2D eigenvalue weighted by Gasteiger charge is -2.26. The molecule has 0 aliphatic rings. The number of carbonyl (C=O) groups is 1. The lowest BCUT2D eigenvalue weighted by Crippen LogP contribution is -2.32. The maximum atomic E-state index is 12.1. The molecule has 0 heterocycles. The van der Waals surface area contributed by atoms with E-state index in [-0.39, 0.29) is 12.4 Å². The van der Waals surface area contributed by atoms with Crippen molar-refractivity contribution in [1.29, 1.82) is 0 Å². The molecule has 0 saturated heterocycles. The van der Waals surface area contributed by atoms with E-state index < -0.39 is 25.0 Å². The minimum absolute atomic E-state index is 0.174. The Morgan fingerprint density at radius 2 is 1.29 bits per heavy atom. The van der Waals surface area contributed by atoms with Crippen LogP contribution in [0.5, 0.6) is 11.5 Å². The fraction of sp³-hybridized carbons (Fsp3) is 0.588. The van der Waals surface area contributed by atoms with Crippen LogP contribution in [0.2, 0.25) is 58.9 Å². The Hall–Kier alpha value is -1.06.